The van der Waals surface area contributed by atoms with E-state index in [0.717, 1.165) is 6.42 Å². The van der Waals surface area contributed by atoms with E-state index in [1.54, 1.807) is 0 Å². The third-order valence-corrected chi connectivity index (χ3v) is 4.78. The third kappa shape index (κ3) is 8.57. The van der Waals surface area contributed by atoms with Crippen LogP contribution in [0.15, 0.2) is 59.7 Å². The van der Waals surface area contributed by atoms with Crippen LogP contribution in [0.4, 0.5) is 11.4 Å². The highest BCUT2D eigenvalue weighted by Crippen LogP contribution is 2.33. The van der Waals surface area contributed by atoms with Gasteiger partial charge in [-0.25, -0.2) is 0 Å². The van der Waals surface area contributed by atoms with E-state index in [1.165, 1.54) is 46.5 Å². The lowest BCUT2D eigenvalue weighted by Crippen LogP contribution is -2.58. The minimum absolute atomic E-state index is 1.10. The third-order valence-electron chi connectivity index (χ3n) is 4.78. The van der Waals surface area contributed by atoms with Gasteiger partial charge in [0.25, 0.3) is 0 Å². The van der Waals surface area contributed by atoms with E-state index < -0.39 is 10.2 Å². The molecule has 0 radical (unpaired) electrons. The fourth-order valence-electron chi connectivity index (χ4n) is 3.24. The van der Waals surface area contributed by atoms with Gasteiger partial charge >= 0.3 is 0 Å². The highest BCUT2D eigenvalue weighted by molar-refractivity contribution is 5.62. The van der Waals surface area contributed by atoms with Gasteiger partial charge in [-0.15, -0.1) is 0 Å². The van der Waals surface area contributed by atoms with Gasteiger partial charge in [-0.2, -0.15) is 14.0 Å². The molecule has 0 aliphatic heterocycles. The predicted molar refractivity (Wildman–Crippen MR) is 114 cm³/mol. The molecule has 2 aromatic rings. The van der Waals surface area contributed by atoms with E-state index in [0.29, 0.717) is 0 Å². The van der Waals surface area contributed by atoms with Crippen molar-refractivity contribution in [1.82, 2.24) is 0 Å². The summed E-state index contributed by atoms with van der Waals surface area (Å²) in [5.41, 5.74) is 8.17. The van der Waals surface area contributed by atoms with Crippen LogP contribution in [0.5, 0.6) is 0 Å². The van der Waals surface area contributed by atoms with Crippen molar-refractivity contribution in [3.8, 4) is 0 Å². The van der Waals surface area contributed by atoms with Gasteiger partial charge in [-0.1, -0.05) is 47.6 Å². The maximum atomic E-state index is 8.60. The summed E-state index contributed by atoms with van der Waals surface area (Å²) in [5.74, 6) is 0. The molecule has 1 aliphatic rings. The average molecular weight is 433 g/mol. The van der Waals surface area contributed by atoms with Crippen molar-refractivity contribution < 1.29 is 28.9 Å². The molecule has 0 unspecified atom stereocenters. The Kier molecular flexibility index (Phi) is 8.46. The van der Waals surface area contributed by atoms with Crippen LogP contribution in [0.2, 0.25) is 0 Å². The summed E-state index contributed by atoms with van der Waals surface area (Å²) in [5, 5.41) is 0. The molecule has 1 aliphatic carbocycles. The Morgan fingerprint density at radius 2 is 1.00 bits per heavy atom. The van der Waals surface area contributed by atoms with E-state index in [1.807, 2.05) is 0 Å². The summed E-state index contributed by atoms with van der Waals surface area (Å²) >= 11 is 0. The molecule has 0 amide bonds. The number of hydrogen-bond donors (Lipinski definition) is 1. The summed E-state index contributed by atoms with van der Waals surface area (Å²) in [4.78, 5) is 4.27. The standard InChI is InChI=1S/C23H28N2.ClHO4/c1-24(2)22-11-7-18(8-12-22)15-20-5-6-21(17-20)16-19-9-13-23(14-10-19)25(3)4;2-1(3,4)5/h7-16H,5-6,17H2,1-4H3;(H,2,3,4,5). The first-order chi connectivity index (χ1) is 14.0. The molecule has 7 heteroatoms. The van der Waals surface area contributed by atoms with Gasteiger partial charge < -0.3 is 9.80 Å². The smallest absolute Gasteiger partial charge is 0.0777 e. The SMILES string of the molecule is CN(C)c1ccc(C=C2CCC(=Cc3ccc(N(C)C)cc3)C2)cc1.[O-][Cl+3]([O-])([O-])O. The molecule has 0 saturated heterocycles. The number of allylic oxidation sites excluding steroid dienone is 2. The Bertz CT molecular complexity index is 794. The Morgan fingerprint density at radius 3 is 1.27 bits per heavy atom. The number of halogens is 1. The van der Waals surface area contributed by atoms with Crippen LogP contribution >= 0.6 is 0 Å². The molecule has 3 rings (SSSR count). The second-order valence-electron chi connectivity index (χ2n) is 7.65. The summed E-state index contributed by atoms with van der Waals surface area (Å²) in [6.07, 6.45) is 8.17. The predicted octanol–water partition coefficient (Wildman–Crippen LogP) is 1.35. The monoisotopic (exact) mass is 432 g/mol. The van der Waals surface area contributed by atoms with Gasteiger partial charge in [0.2, 0.25) is 0 Å². The second kappa shape index (κ2) is 10.6. The lowest BCUT2D eigenvalue weighted by Gasteiger charge is -2.12. The Morgan fingerprint density at radius 1 is 0.700 bits per heavy atom. The molecule has 0 heterocycles. The molecule has 0 atom stereocenters. The van der Waals surface area contributed by atoms with E-state index in [4.69, 9.17) is 18.6 Å². The van der Waals surface area contributed by atoms with Gasteiger partial charge in [-0.3, -0.25) is 0 Å². The summed E-state index contributed by atoms with van der Waals surface area (Å²) in [6, 6.07) is 17.6. The van der Waals surface area contributed by atoms with Crippen molar-refractivity contribution in [3.05, 3.63) is 70.8 Å². The topological polar surface area (TPSA) is 95.9 Å². The number of anilines is 2. The minimum atomic E-state index is -4.69. The molecule has 1 fully saturated rings. The first-order valence-corrected chi connectivity index (χ1v) is 10.8. The highest BCUT2D eigenvalue weighted by Gasteiger charge is 2.12. The second-order valence-corrected chi connectivity index (χ2v) is 8.44. The zero-order chi connectivity index (χ0) is 22.3. The van der Waals surface area contributed by atoms with Crippen LogP contribution in [-0.4, -0.2) is 32.8 Å². The molecular weight excluding hydrogens is 404 g/mol. The van der Waals surface area contributed by atoms with E-state index in [9.17, 15) is 0 Å². The zero-order valence-corrected chi connectivity index (χ0v) is 18.6. The van der Waals surface area contributed by atoms with Crippen molar-refractivity contribution in [2.24, 2.45) is 0 Å². The van der Waals surface area contributed by atoms with Crippen molar-refractivity contribution in [2.45, 2.75) is 19.3 Å². The van der Waals surface area contributed by atoms with Crippen LogP contribution in [0.25, 0.3) is 12.2 Å². The molecule has 162 valence electrons. The molecule has 0 aromatic heterocycles. The Balaban J connectivity index is 0.000000575. The van der Waals surface area contributed by atoms with E-state index in [-0.39, 0.29) is 0 Å². The average Bonchev–Trinajstić information content (AvgIpc) is 3.08. The number of benzene rings is 2. The normalized spacial score (nSPS) is 16.4. The Labute approximate surface area is 180 Å². The van der Waals surface area contributed by atoms with Crippen molar-refractivity contribution in [1.29, 1.82) is 0 Å². The highest BCUT2D eigenvalue weighted by atomic mass is 35.7. The molecule has 30 heavy (non-hydrogen) atoms. The quantitative estimate of drug-likeness (QED) is 0.783. The van der Waals surface area contributed by atoms with Crippen LogP contribution in [0.3, 0.4) is 0 Å². The lowest BCUT2D eigenvalue weighted by atomic mass is 10.1. The number of nitrogens with zero attached hydrogens (tertiary/aromatic N) is 2. The molecular formula is C23H29ClN2O4. The van der Waals surface area contributed by atoms with Crippen LogP contribution in [-0.2, 0) is 0 Å². The molecule has 1 saturated carbocycles. The van der Waals surface area contributed by atoms with Gasteiger partial charge in [0.1, 0.15) is 0 Å². The maximum Gasteiger partial charge on any atom is 0.0777 e. The molecule has 1 N–H and O–H groups in total. The van der Waals surface area contributed by atoms with Crippen molar-refractivity contribution in [2.75, 3.05) is 38.0 Å². The summed E-state index contributed by atoms with van der Waals surface area (Å²) < 4.78 is 32.7. The lowest BCUT2D eigenvalue weighted by molar-refractivity contribution is -1.92. The number of hydrogen-bond acceptors (Lipinski definition) is 6. The first kappa shape index (κ1) is 23.9. The molecule has 0 bridgehead atoms. The van der Waals surface area contributed by atoms with E-state index in [2.05, 4.69) is 98.7 Å². The van der Waals surface area contributed by atoms with Gasteiger partial charge in [0, 0.05) is 39.6 Å². The Hall–Kier alpha value is -2.35. The van der Waals surface area contributed by atoms with Crippen molar-refractivity contribution >= 4 is 23.5 Å². The van der Waals surface area contributed by atoms with Gasteiger partial charge in [-0.05, 0) is 54.7 Å². The van der Waals surface area contributed by atoms with Gasteiger partial charge in [0.15, 0.2) is 0 Å². The molecule has 0 spiro atoms. The maximum absolute atomic E-state index is 8.60. The summed E-state index contributed by atoms with van der Waals surface area (Å²) in [7, 11) is 3.61. The summed E-state index contributed by atoms with van der Waals surface area (Å²) in [6.45, 7) is 0. The fourth-order valence-corrected chi connectivity index (χ4v) is 3.24. The fraction of sp³-hybridized carbons (Fsp3) is 0.304. The largest absolute Gasteiger partial charge is 0.378 e. The van der Waals surface area contributed by atoms with Crippen LogP contribution in [0, 0.1) is 10.2 Å². The van der Waals surface area contributed by atoms with Gasteiger partial charge in [0.05, 0.1) is 14.9 Å². The minimum Gasteiger partial charge on any atom is -0.378 e. The zero-order valence-electron chi connectivity index (χ0n) is 17.8. The van der Waals surface area contributed by atoms with Crippen molar-refractivity contribution in [3.63, 3.8) is 0 Å². The van der Waals surface area contributed by atoms with E-state index >= 15 is 0 Å². The number of rotatable bonds is 4. The molecule has 2 aromatic carbocycles. The molecule has 6 nitrogen and oxygen atoms in total. The van der Waals surface area contributed by atoms with Crippen LogP contribution < -0.4 is 23.8 Å². The van der Waals surface area contributed by atoms with Crippen LogP contribution in [0.1, 0.15) is 30.4 Å². The first-order valence-electron chi connectivity index (χ1n) is 9.58.